The third-order valence-electron chi connectivity index (χ3n) is 4.36. The van der Waals surface area contributed by atoms with Crippen LogP contribution in [0.2, 0.25) is 0 Å². The van der Waals surface area contributed by atoms with Gasteiger partial charge in [0.2, 0.25) is 5.88 Å². The van der Waals surface area contributed by atoms with Crippen LogP contribution in [0, 0.1) is 13.8 Å². The van der Waals surface area contributed by atoms with Crippen molar-refractivity contribution in [2.24, 2.45) is 0 Å². The smallest absolute Gasteiger partial charge is 0.255 e. The van der Waals surface area contributed by atoms with Gasteiger partial charge in [0.25, 0.3) is 5.91 Å². The van der Waals surface area contributed by atoms with Crippen molar-refractivity contribution in [3.05, 3.63) is 90.3 Å². The van der Waals surface area contributed by atoms with Gasteiger partial charge in [-0.1, -0.05) is 17.7 Å². The summed E-state index contributed by atoms with van der Waals surface area (Å²) in [7, 11) is 0. The normalized spacial score (nSPS) is 10.6. The van der Waals surface area contributed by atoms with Gasteiger partial charge in [-0.2, -0.15) is 0 Å². The number of ether oxygens (including phenoxy) is 1. The van der Waals surface area contributed by atoms with E-state index in [2.05, 4.69) is 20.3 Å². The van der Waals surface area contributed by atoms with E-state index in [-0.39, 0.29) is 5.91 Å². The maximum absolute atomic E-state index is 12.5. The molecule has 0 spiro atoms. The minimum Gasteiger partial charge on any atom is -0.439 e. The summed E-state index contributed by atoms with van der Waals surface area (Å²) in [5.41, 5.74) is 3.41. The number of aromatic nitrogens is 4. The number of nitrogens with zero attached hydrogens (tertiary/aromatic N) is 4. The molecule has 0 aliphatic heterocycles. The molecule has 144 valence electrons. The Balaban J connectivity index is 1.44. The molecule has 0 aliphatic rings. The number of benzene rings is 2. The first-order chi connectivity index (χ1) is 14.1. The molecule has 29 heavy (non-hydrogen) atoms. The number of aryl methyl sites for hydroxylation is 2. The number of hydrogen-bond donors (Lipinski definition) is 1. The van der Waals surface area contributed by atoms with Gasteiger partial charge in [0.05, 0.1) is 0 Å². The largest absolute Gasteiger partial charge is 0.439 e. The highest BCUT2D eigenvalue weighted by Gasteiger charge is 2.10. The zero-order valence-electron chi connectivity index (χ0n) is 16.0. The highest BCUT2D eigenvalue weighted by Crippen LogP contribution is 2.23. The number of amides is 1. The fourth-order valence-electron chi connectivity index (χ4n) is 2.92. The molecule has 7 heteroatoms. The number of anilines is 1. The highest BCUT2D eigenvalue weighted by molar-refractivity contribution is 6.05. The first-order valence-electron chi connectivity index (χ1n) is 9.05. The molecule has 4 aromatic rings. The number of nitrogens with one attached hydrogen (secondary N) is 1. The Morgan fingerprint density at radius 2 is 1.86 bits per heavy atom. The molecule has 1 N–H and O–H groups in total. The zero-order valence-corrected chi connectivity index (χ0v) is 16.0. The van der Waals surface area contributed by atoms with Crippen LogP contribution in [0.15, 0.2) is 73.6 Å². The quantitative estimate of drug-likeness (QED) is 0.553. The summed E-state index contributed by atoms with van der Waals surface area (Å²) in [5, 5.41) is 2.91. The third-order valence-corrected chi connectivity index (χ3v) is 4.36. The van der Waals surface area contributed by atoms with Crippen LogP contribution in [-0.4, -0.2) is 25.4 Å². The second-order valence-corrected chi connectivity index (χ2v) is 6.58. The Labute approximate surface area is 168 Å². The van der Waals surface area contributed by atoms with Crippen LogP contribution in [0.1, 0.15) is 21.5 Å². The van der Waals surface area contributed by atoms with E-state index in [1.807, 2.05) is 32.0 Å². The second-order valence-electron chi connectivity index (χ2n) is 6.58. The number of hydrogen-bond acceptors (Lipinski definition) is 5. The first kappa shape index (κ1) is 18.4. The van der Waals surface area contributed by atoms with Crippen molar-refractivity contribution >= 4 is 11.6 Å². The van der Waals surface area contributed by atoms with Gasteiger partial charge in [-0.15, -0.1) is 0 Å². The Morgan fingerprint density at radius 3 is 2.59 bits per heavy atom. The fourth-order valence-corrected chi connectivity index (χ4v) is 2.92. The lowest BCUT2D eigenvalue weighted by Crippen LogP contribution is -2.13. The number of rotatable bonds is 5. The summed E-state index contributed by atoms with van der Waals surface area (Å²) in [6.45, 7) is 3.93. The average Bonchev–Trinajstić information content (AvgIpc) is 3.24. The van der Waals surface area contributed by atoms with Gasteiger partial charge in [-0.05, 0) is 49.7 Å². The van der Waals surface area contributed by atoms with Gasteiger partial charge in [-0.25, -0.2) is 15.0 Å². The standard InChI is InChI=1S/C22H19N5O2/c1-15-3-8-19(16(2)11-15)22(28)26-17-4-6-18(7-5-17)29-21-12-20(24-13-25-21)27-10-9-23-14-27/h3-14H,1-2H3,(H,26,28). The van der Waals surface area contributed by atoms with Crippen molar-refractivity contribution in [3.8, 4) is 17.4 Å². The van der Waals surface area contributed by atoms with Crippen LogP contribution in [-0.2, 0) is 0 Å². The van der Waals surface area contributed by atoms with Gasteiger partial charge in [0.1, 0.15) is 24.2 Å². The van der Waals surface area contributed by atoms with Crippen LogP contribution in [0.25, 0.3) is 5.82 Å². The van der Waals surface area contributed by atoms with Crippen LogP contribution in [0.4, 0.5) is 5.69 Å². The van der Waals surface area contributed by atoms with Gasteiger partial charge < -0.3 is 10.1 Å². The Kier molecular flexibility index (Phi) is 5.03. The number of imidazole rings is 1. The van der Waals surface area contributed by atoms with Crippen molar-refractivity contribution in [3.63, 3.8) is 0 Å². The Bertz CT molecular complexity index is 1140. The van der Waals surface area contributed by atoms with Gasteiger partial charge in [-0.3, -0.25) is 9.36 Å². The molecule has 2 aromatic carbocycles. The summed E-state index contributed by atoms with van der Waals surface area (Å²) in [6.07, 6.45) is 6.55. The van der Waals surface area contributed by atoms with Gasteiger partial charge in [0, 0.05) is 29.7 Å². The minimum absolute atomic E-state index is 0.142. The molecule has 0 aliphatic carbocycles. The van der Waals surface area contributed by atoms with Crippen LogP contribution in [0.3, 0.4) is 0 Å². The van der Waals surface area contributed by atoms with Crippen LogP contribution < -0.4 is 10.1 Å². The summed E-state index contributed by atoms with van der Waals surface area (Å²) < 4.78 is 7.56. The van der Waals surface area contributed by atoms with Crippen LogP contribution in [0.5, 0.6) is 11.6 Å². The minimum atomic E-state index is -0.142. The van der Waals surface area contributed by atoms with Crippen LogP contribution >= 0.6 is 0 Å². The molecular weight excluding hydrogens is 366 g/mol. The van der Waals surface area contributed by atoms with Crippen molar-refractivity contribution in [1.82, 2.24) is 19.5 Å². The lowest BCUT2D eigenvalue weighted by molar-refractivity contribution is 0.102. The lowest BCUT2D eigenvalue weighted by atomic mass is 10.1. The first-order valence-corrected chi connectivity index (χ1v) is 9.05. The lowest BCUT2D eigenvalue weighted by Gasteiger charge is -2.10. The van der Waals surface area contributed by atoms with E-state index < -0.39 is 0 Å². The van der Waals surface area contributed by atoms with E-state index in [4.69, 9.17) is 4.74 Å². The molecule has 0 radical (unpaired) electrons. The number of carbonyl (C=O) groups is 1. The molecule has 0 atom stereocenters. The van der Waals surface area contributed by atoms with E-state index in [0.29, 0.717) is 28.7 Å². The van der Waals surface area contributed by atoms with E-state index in [1.165, 1.54) is 6.33 Å². The monoisotopic (exact) mass is 385 g/mol. The predicted molar refractivity (Wildman–Crippen MR) is 110 cm³/mol. The van der Waals surface area contributed by atoms with E-state index in [9.17, 15) is 4.79 Å². The molecule has 0 unspecified atom stereocenters. The highest BCUT2D eigenvalue weighted by atomic mass is 16.5. The predicted octanol–water partition coefficient (Wildman–Crippen LogP) is 4.32. The average molecular weight is 385 g/mol. The molecule has 7 nitrogen and oxygen atoms in total. The molecule has 1 amide bonds. The molecule has 2 heterocycles. The number of carbonyl (C=O) groups excluding carboxylic acids is 1. The van der Waals surface area contributed by atoms with Gasteiger partial charge >= 0.3 is 0 Å². The summed E-state index contributed by atoms with van der Waals surface area (Å²) in [5.74, 6) is 1.53. The maximum atomic E-state index is 12.5. The van der Waals surface area contributed by atoms with Crippen molar-refractivity contribution < 1.29 is 9.53 Å². The SMILES string of the molecule is Cc1ccc(C(=O)Nc2ccc(Oc3cc(-n4ccnc4)ncn3)cc2)c(C)c1. The summed E-state index contributed by atoms with van der Waals surface area (Å²) in [6, 6.07) is 14.6. The van der Waals surface area contributed by atoms with Crippen molar-refractivity contribution in [2.75, 3.05) is 5.32 Å². The van der Waals surface area contributed by atoms with E-state index >= 15 is 0 Å². The third kappa shape index (κ3) is 4.30. The second kappa shape index (κ2) is 7.93. The molecular formula is C22H19N5O2. The molecule has 2 aromatic heterocycles. The molecule has 0 fully saturated rings. The zero-order chi connectivity index (χ0) is 20.2. The Morgan fingerprint density at radius 1 is 1.03 bits per heavy atom. The van der Waals surface area contributed by atoms with Crippen molar-refractivity contribution in [2.45, 2.75) is 13.8 Å². The summed E-state index contributed by atoms with van der Waals surface area (Å²) in [4.78, 5) is 24.8. The fraction of sp³-hybridized carbons (Fsp3) is 0.0909. The molecule has 0 saturated carbocycles. The Hall–Kier alpha value is -4.00. The van der Waals surface area contributed by atoms with Gasteiger partial charge in [0.15, 0.2) is 0 Å². The molecule has 0 bridgehead atoms. The topological polar surface area (TPSA) is 81.9 Å². The molecule has 0 saturated heterocycles. The van der Waals surface area contributed by atoms with E-state index in [1.54, 1.807) is 53.6 Å². The van der Waals surface area contributed by atoms with E-state index in [0.717, 1.165) is 11.1 Å². The van der Waals surface area contributed by atoms with Crippen molar-refractivity contribution in [1.29, 1.82) is 0 Å². The molecule has 4 rings (SSSR count). The maximum Gasteiger partial charge on any atom is 0.255 e. The summed E-state index contributed by atoms with van der Waals surface area (Å²) >= 11 is 0.